The summed E-state index contributed by atoms with van der Waals surface area (Å²) in [4.78, 5) is 13.9. The van der Waals surface area contributed by atoms with Gasteiger partial charge in [0, 0.05) is 20.2 Å². The van der Waals surface area contributed by atoms with Crippen LogP contribution in [0.25, 0.3) is 0 Å². The second-order valence-electron chi connectivity index (χ2n) is 5.76. The van der Waals surface area contributed by atoms with Crippen LogP contribution in [0.5, 0.6) is 0 Å². The molecule has 2 atom stereocenters. The van der Waals surface area contributed by atoms with E-state index in [1.807, 2.05) is 14.0 Å². The van der Waals surface area contributed by atoms with Crippen LogP contribution < -0.4 is 5.73 Å². The number of rotatable bonds is 6. The molecule has 0 aromatic rings. The monoisotopic (exact) mass is 256 g/mol. The Balaban J connectivity index is 2.36. The molecule has 0 heterocycles. The average Bonchev–Trinajstić information content (AvgIpc) is 2.43. The zero-order chi connectivity index (χ0) is 13.5. The van der Waals surface area contributed by atoms with Crippen LogP contribution in [-0.2, 0) is 4.79 Å². The number of hydrogen-bond donors (Lipinski definition) is 2. The second-order valence-corrected chi connectivity index (χ2v) is 5.76. The lowest BCUT2D eigenvalue weighted by molar-refractivity contribution is -0.133. The highest BCUT2D eigenvalue weighted by molar-refractivity contribution is 5.81. The van der Waals surface area contributed by atoms with Gasteiger partial charge in [0.1, 0.15) is 0 Å². The number of aliphatic hydroxyl groups is 1. The summed E-state index contributed by atoms with van der Waals surface area (Å²) >= 11 is 0. The number of likely N-dealkylation sites (N-methyl/N-ethyl adjacent to an activating group) is 1. The van der Waals surface area contributed by atoms with Crippen molar-refractivity contribution in [1.82, 2.24) is 4.90 Å². The summed E-state index contributed by atoms with van der Waals surface area (Å²) in [5.41, 5.74) is 6.09. The Morgan fingerprint density at radius 2 is 2.00 bits per heavy atom. The molecule has 1 fully saturated rings. The van der Waals surface area contributed by atoms with Gasteiger partial charge in [-0.3, -0.25) is 4.79 Å². The lowest BCUT2D eigenvalue weighted by Gasteiger charge is -2.30. The molecule has 0 spiro atoms. The molecular weight excluding hydrogens is 228 g/mol. The van der Waals surface area contributed by atoms with Crippen molar-refractivity contribution < 1.29 is 9.90 Å². The summed E-state index contributed by atoms with van der Waals surface area (Å²) in [6.07, 6.45) is 6.70. The predicted octanol–water partition coefficient (Wildman–Crippen LogP) is 1.37. The minimum atomic E-state index is -0.334. The van der Waals surface area contributed by atoms with Gasteiger partial charge in [0.05, 0.1) is 6.04 Å². The Kier molecular flexibility index (Phi) is 6.65. The van der Waals surface area contributed by atoms with E-state index >= 15 is 0 Å². The van der Waals surface area contributed by atoms with Crippen molar-refractivity contribution in [3.63, 3.8) is 0 Å². The van der Waals surface area contributed by atoms with Gasteiger partial charge in [-0.05, 0) is 31.1 Å². The fourth-order valence-corrected chi connectivity index (χ4v) is 2.56. The third kappa shape index (κ3) is 4.58. The molecule has 18 heavy (non-hydrogen) atoms. The van der Waals surface area contributed by atoms with Gasteiger partial charge in [-0.25, -0.2) is 0 Å². The lowest BCUT2D eigenvalue weighted by atomic mass is 9.84. The Morgan fingerprint density at radius 3 is 2.56 bits per heavy atom. The fourth-order valence-electron chi connectivity index (χ4n) is 2.56. The Morgan fingerprint density at radius 1 is 1.39 bits per heavy atom. The second kappa shape index (κ2) is 7.74. The zero-order valence-electron chi connectivity index (χ0n) is 11.8. The molecule has 1 aliphatic rings. The first-order valence-electron chi connectivity index (χ1n) is 7.17. The minimum Gasteiger partial charge on any atom is -0.396 e. The number of amides is 1. The van der Waals surface area contributed by atoms with Crippen molar-refractivity contribution in [3.05, 3.63) is 0 Å². The molecule has 106 valence electrons. The third-order valence-corrected chi connectivity index (χ3v) is 4.09. The van der Waals surface area contributed by atoms with Gasteiger partial charge in [-0.1, -0.05) is 26.2 Å². The Hall–Kier alpha value is -0.610. The van der Waals surface area contributed by atoms with E-state index < -0.39 is 0 Å². The fraction of sp³-hybridized carbons (Fsp3) is 0.929. The highest BCUT2D eigenvalue weighted by atomic mass is 16.3. The van der Waals surface area contributed by atoms with Crippen LogP contribution >= 0.6 is 0 Å². The van der Waals surface area contributed by atoms with E-state index in [-0.39, 0.29) is 24.5 Å². The topological polar surface area (TPSA) is 66.6 Å². The molecule has 1 amide bonds. The first-order valence-corrected chi connectivity index (χ1v) is 7.17. The third-order valence-electron chi connectivity index (χ3n) is 4.09. The van der Waals surface area contributed by atoms with Crippen molar-refractivity contribution in [2.24, 2.45) is 17.6 Å². The van der Waals surface area contributed by atoms with Gasteiger partial charge in [-0.2, -0.15) is 0 Å². The summed E-state index contributed by atoms with van der Waals surface area (Å²) in [7, 11) is 1.81. The molecule has 3 N–H and O–H groups in total. The van der Waals surface area contributed by atoms with Gasteiger partial charge in [-0.15, -0.1) is 0 Å². The number of hydrogen-bond acceptors (Lipinski definition) is 3. The average molecular weight is 256 g/mol. The van der Waals surface area contributed by atoms with Crippen LogP contribution in [0.4, 0.5) is 0 Å². The SMILES string of the molecule is CC(CO)CCN(C)C(=O)[C@@H](N)C1CCCCC1. The van der Waals surface area contributed by atoms with Crippen LogP contribution in [-0.4, -0.2) is 42.2 Å². The van der Waals surface area contributed by atoms with E-state index in [0.717, 1.165) is 19.3 Å². The molecule has 4 heteroatoms. The summed E-state index contributed by atoms with van der Waals surface area (Å²) in [5, 5.41) is 8.97. The van der Waals surface area contributed by atoms with Crippen molar-refractivity contribution in [1.29, 1.82) is 0 Å². The van der Waals surface area contributed by atoms with Crippen LogP contribution in [0.3, 0.4) is 0 Å². The minimum absolute atomic E-state index is 0.0621. The van der Waals surface area contributed by atoms with Crippen LogP contribution in [0.2, 0.25) is 0 Å². The quantitative estimate of drug-likeness (QED) is 0.754. The highest BCUT2D eigenvalue weighted by Crippen LogP contribution is 2.26. The summed E-state index contributed by atoms with van der Waals surface area (Å²) in [6, 6.07) is -0.334. The molecule has 0 aromatic carbocycles. The van der Waals surface area contributed by atoms with Crippen molar-refractivity contribution in [2.45, 2.75) is 51.5 Å². The van der Waals surface area contributed by atoms with Gasteiger partial charge in [0.2, 0.25) is 5.91 Å². The molecule has 0 aliphatic heterocycles. The largest absolute Gasteiger partial charge is 0.396 e. The first-order chi connectivity index (χ1) is 8.56. The van der Waals surface area contributed by atoms with Crippen molar-refractivity contribution in [2.75, 3.05) is 20.2 Å². The van der Waals surface area contributed by atoms with Crippen LogP contribution in [0.15, 0.2) is 0 Å². The van der Waals surface area contributed by atoms with Gasteiger partial charge in [0.25, 0.3) is 0 Å². The van der Waals surface area contributed by atoms with Gasteiger partial charge >= 0.3 is 0 Å². The summed E-state index contributed by atoms with van der Waals surface area (Å²) < 4.78 is 0. The molecular formula is C14H28N2O2. The van der Waals surface area contributed by atoms with Crippen LogP contribution in [0, 0.1) is 11.8 Å². The number of nitrogens with two attached hydrogens (primary N) is 1. The zero-order valence-corrected chi connectivity index (χ0v) is 11.8. The van der Waals surface area contributed by atoms with Crippen molar-refractivity contribution in [3.8, 4) is 0 Å². The molecule has 0 aromatic heterocycles. The number of carbonyl (C=O) groups excluding carboxylic acids is 1. The van der Waals surface area contributed by atoms with Gasteiger partial charge < -0.3 is 15.7 Å². The number of nitrogens with zero attached hydrogens (tertiary/aromatic N) is 1. The van der Waals surface area contributed by atoms with E-state index in [2.05, 4.69) is 0 Å². The lowest BCUT2D eigenvalue weighted by Crippen LogP contribution is -2.47. The summed E-state index contributed by atoms with van der Waals surface area (Å²) in [6.45, 7) is 2.84. The standard InChI is InChI=1S/C14H28N2O2/c1-11(10-17)8-9-16(2)14(18)13(15)12-6-4-3-5-7-12/h11-13,17H,3-10,15H2,1-2H3/t11?,13-/m0/s1. The Labute approximate surface area is 111 Å². The maximum atomic E-state index is 12.2. The molecule has 1 saturated carbocycles. The van der Waals surface area contributed by atoms with E-state index in [4.69, 9.17) is 10.8 Å². The van der Waals surface area contributed by atoms with E-state index in [1.165, 1.54) is 19.3 Å². The van der Waals surface area contributed by atoms with Crippen molar-refractivity contribution >= 4 is 5.91 Å². The normalized spacial score (nSPS) is 20.4. The number of aliphatic hydroxyl groups excluding tert-OH is 1. The van der Waals surface area contributed by atoms with E-state index in [0.29, 0.717) is 12.5 Å². The molecule has 1 aliphatic carbocycles. The smallest absolute Gasteiger partial charge is 0.239 e. The molecule has 0 saturated heterocycles. The van der Waals surface area contributed by atoms with E-state index in [1.54, 1.807) is 4.90 Å². The first kappa shape index (κ1) is 15.4. The highest BCUT2D eigenvalue weighted by Gasteiger charge is 2.28. The van der Waals surface area contributed by atoms with Crippen LogP contribution in [0.1, 0.15) is 45.4 Å². The molecule has 4 nitrogen and oxygen atoms in total. The Bertz CT molecular complexity index is 252. The number of carbonyl (C=O) groups is 1. The summed E-state index contributed by atoms with van der Waals surface area (Å²) in [5.74, 6) is 0.669. The molecule has 1 rings (SSSR count). The maximum Gasteiger partial charge on any atom is 0.239 e. The molecule has 0 radical (unpaired) electrons. The molecule has 0 bridgehead atoms. The van der Waals surface area contributed by atoms with Gasteiger partial charge in [0.15, 0.2) is 0 Å². The van der Waals surface area contributed by atoms with E-state index in [9.17, 15) is 4.79 Å². The predicted molar refractivity (Wildman–Crippen MR) is 73.1 cm³/mol. The maximum absolute atomic E-state index is 12.2. The molecule has 1 unspecified atom stereocenters.